The highest BCUT2D eigenvalue weighted by Gasteiger charge is 2.34. The maximum atomic E-state index is 14.0. The molecule has 0 spiro atoms. The van der Waals surface area contributed by atoms with E-state index in [1.165, 1.54) is 36.1 Å². The first-order valence-corrected chi connectivity index (χ1v) is 13.4. The van der Waals surface area contributed by atoms with Gasteiger partial charge in [0.15, 0.2) is 22.0 Å². The third-order valence-electron chi connectivity index (χ3n) is 7.30. The molecule has 6 rings (SSSR count). The molecule has 10 heteroatoms. The van der Waals surface area contributed by atoms with Crippen molar-refractivity contribution in [3.63, 3.8) is 0 Å². The average Bonchev–Trinajstić information content (AvgIpc) is 3.29. The van der Waals surface area contributed by atoms with Crippen molar-refractivity contribution in [1.82, 2.24) is 4.57 Å². The Kier molecular flexibility index (Phi) is 6.47. The molecule has 4 aromatic rings. The van der Waals surface area contributed by atoms with Crippen LogP contribution in [0.25, 0.3) is 11.8 Å². The second-order valence-electron chi connectivity index (χ2n) is 9.38. The number of rotatable bonds is 6. The minimum Gasteiger partial charge on any atom is -0.493 e. The van der Waals surface area contributed by atoms with E-state index in [1.54, 1.807) is 30.9 Å². The van der Waals surface area contributed by atoms with Gasteiger partial charge in [0.05, 0.1) is 42.5 Å². The molecule has 2 heterocycles. The average molecular weight is 556 g/mol. The largest absolute Gasteiger partial charge is 0.493 e. The van der Waals surface area contributed by atoms with Gasteiger partial charge in [0.1, 0.15) is 0 Å². The molecule has 0 unspecified atom stereocenters. The predicted molar refractivity (Wildman–Crippen MR) is 152 cm³/mol. The number of hydrogen-bond donors (Lipinski definition) is 0. The Labute approximate surface area is 233 Å². The van der Waals surface area contributed by atoms with Crippen molar-refractivity contribution in [2.24, 2.45) is 4.99 Å². The van der Waals surface area contributed by atoms with Gasteiger partial charge < -0.3 is 14.2 Å². The number of nitro groups is 1. The Morgan fingerprint density at radius 2 is 1.80 bits per heavy atom. The van der Waals surface area contributed by atoms with E-state index < -0.39 is 11.0 Å². The molecule has 0 saturated heterocycles. The number of fused-ring (bicyclic) bond motifs is 3. The molecule has 1 aliphatic carbocycles. The van der Waals surface area contributed by atoms with Gasteiger partial charge in [-0.3, -0.25) is 19.5 Å². The second-order valence-corrected chi connectivity index (χ2v) is 10.4. The fourth-order valence-corrected chi connectivity index (χ4v) is 6.52. The summed E-state index contributed by atoms with van der Waals surface area (Å²) in [6.45, 7) is 0. The molecule has 0 fully saturated rings. The Bertz CT molecular complexity index is 1890. The number of para-hydroxylation sites is 1. The third kappa shape index (κ3) is 4.08. The van der Waals surface area contributed by atoms with Crippen molar-refractivity contribution in [1.29, 1.82) is 0 Å². The van der Waals surface area contributed by atoms with Gasteiger partial charge in [-0.1, -0.05) is 53.8 Å². The molecule has 1 atom stereocenters. The number of nitrogens with zero attached hydrogens (tertiary/aromatic N) is 3. The molecule has 0 N–H and O–H groups in total. The summed E-state index contributed by atoms with van der Waals surface area (Å²) in [5, 5.41) is 11.6. The summed E-state index contributed by atoms with van der Waals surface area (Å²) < 4.78 is 18.7. The summed E-state index contributed by atoms with van der Waals surface area (Å²) in [4.78, 5) is 30.7. The minimum atomic E-state index is -0.502. The van der Waals surface area contributed by atoms with E-state index in [9.17, 15) is 14.9 Å². The van der Waals surface area contributed by atoms with E-state index in [1.807, 2.05) is 30.3 Å². The van der Waals surface area contributed by atoms with Crippen molar-refractivity contribution in [2.75, 3.05) is 21.3 Å². The molecule has 1 aromatic heterocycles. The Balaban J connectivity index is 1.62. The fraction of sp³-hybridized carbons (Fsp3) is 0.200. The van der Waals surface area contributed by atoms with Crippen LogP contribution >= 0.6 is 11.3 Å². The number of methoxy groups -OCH3 is 3. The Hall–Kier alpha value is -4.70. The van der Waals surface area contributed by atoms with Crippen LogP contribution in [0.2, 0.25) is 0 Å². The zero-order valence-electron chi connectivity index (χ0n) is 22.0. The van der Waals surface area contributed by atoms with Gasteiger partial charge in [-0.2, -0.15) is 0 Å². The van der Waals surface area contributed by atoms with Crippen LogP contribution in [0.4, 0.5) is 5.69 Å². The first-order chi connectivity index (χ1) is 19.4. The van der Waals surface area contributed by atoms with E-state index >= 15 is 0 Å². The van der Waals surface area contributed by atoms with E-state index in [0.29, 0.717) is 26.4 Å². The zero-order valence-corrected chi connectivity index (χ0v) is 22.9. The summed E-state index contributed by atoms with van der Waals surface area (Å²) in [5.41, 5.74) is 5.08. The lowest BCUT2D eigenvalue weighted by molar-refractivity contribution is -0.385. The number of allylic oxidation sites excluding steroid dienone is 1. The molecule has 0 amide bonds. The first kappa shape index (κ1) is 25.6. The molecule has 2 aliphatic rings. The van der Waals surface area contributed by atoms with Crippen LogP contribution in [0.15, 0.2) is 76.0 Å². The number of aromatic nitrogens is 1. The SMILES string of the molecule is COc1ccc(/C=c2/sc3n(c2=O)[C@@H](c2cccc(OC)c2OC)C2=C(N=3)c3ccccc3CC2)cc1[N+](=O)[O-]. The number of ether oxygens (including phenoxy) is 3. The minimum absolute atomic E-state index is 0.153. The van der Waals surface area contributed by atoms with E-state index in [0.717, 1.165) is 35.2 Å². The van der Waals surface area contributed by atoms with Crippen LogP contribution in [-0.2, 0) is 6.42 Å². The maximum absolute atomic E-state index is 14.0. The lowest BCUT2D eigenvalue weighted by Gasteiger charge is -2.31. The summed E-state index contributed by atoms with van der Waals surface area (Å²) in [7, 11) is 4.56. The standard InChI is InChI=1S/C30H25N3O6S/c1-37-23-14-11-17(15-22(23)33(35)36)16-25-29(34)32-27(21-9-6-10-24(38-2)28(21)39-3)20-13-12-18-7-4-5-8-19(18)26(20)31-30(32)40-25/h4-11,14-16,27H,12-13H2,1-3H3/b25-16+/t27-/m1/s1. The van der Waals surface area contributed by atoms with Gasteiger partial charge in [-0.25, -0.2) is 4.99 Å². The topological polar surface area (TPSA) is 105 Å². The molecule has 40 heavy (non-hydrogen) atoms. The van der Waals surface area contributed by atoms with Crippen molar-refractivity contribution in [3.05, 3.63) is 118 Å². The number of aryl methyl sites for hydroxylation is 1. The van der Waals surface area contributed by atoms with Gasteiger partial charge in [-0.15, -0.1) is 0 Å². The lowest BCUT2D eigenvalue weighted by Crippen LogP contribution is -2.39. The van der Waals surface area contributed by atoms with Crippen LogP contribution in [0.3, 0.4) is 0 Å². The van der Waals surface area contributed by atoms with Crippen LogP contribution in [0.1, 0.15) is 34.7 Å². The van der Waals surface area contributed by atoms with Crippen LogP contribution in [0.5, 0.6) is 17.2 Å². The fourth-order valence-electron chi connectivity index (χ4n) is 5.52. The molecular formula is C30H25N3O6S. The first-order valence-electron chi connectivity index (χ1n) is 12.6. The van der Waals surface area contributed by atoms with Gasteiger partial charge in [-0.05, 0) is 47.8 Å². The molecule has 9 nitrogen and oxygen atoms in total. The van der Waals surface area contributed by atoms with Crippen molar-refractivity contribution < 1.29 is 19.1 Å². The summed E-state index contributed by atoms with van der Waals surface area (Å²) in [5.74, 6) is 1.28. The van der Waals surface area contributed by atoms with Gasteiger partial charge >= 0.3 is 5.69 Å². The zero-order chi connectivity index (χ0) is 28.0. The highest BCUT2D eigenvalue weighted by atomic mass is 32.1. The number of thiazole rings is 1. The molecule has 0 bridgehead atoms. The molecular weight excluding hydrogens is 530 g/mol. The molecule has 202 valence electrons. The van der Waals surface area contributed by atoms with Crippen LogP contribution in [-0.4, -0.2) is 30.8 Å². The summed E-state index contributed by atoms with van der Waals surface area (Å²) >= 11 is 1.25. The smallest absolute Gasteiger partial charge is 0.311 e. The maximum Gasteiger partial charge on any atom is 0.311 e. The highest BCUT2D eigenvalue weighted by molar-refractivity contribution is 7.07. The predicted octanol–water partition coefficient (Wildman–Crippen LogP) is 4.25. The highest BCUT2D eigenvalue weighted by Crippen LogP contribution is 2.45. The van der Waals surface area contributed by atoms with E-state index in [4.69, 9.17) is 19.2 Å². The normalized spacial score (nSPS) is 16.0. The lowest BCUT2D eigenvalue weighted by atomic mass is 9.83. The number of hydrogen-bond acceptors (Lipinski definition) is 8. The summed E-state index contributed by atoms with van der Waals surface area (Å²) in [6, 6.07) is 18.0. The monoisotopic (exact) mass is 555 g/mol. The van der Waals surface area contributed by atoms with E-state index in [2.05, 4.69) is 12.1 Å². The van der Waals surface area contributed by atoms with Gasteiger partial charge in [0.25, 0.3) is 5.56 Å². The molecule has 0 saturated carbocycles. The number of nitro benzene ring substituents is 1. The van der Waals surface area contributed by atoms with Crippen molar-refractivity contribution in [3.8, 4) is 17.2 Å². The third-order valence-corrected chi connectivity index (χ3v) is 8.28. The van der Waals surface area contributed by atoms with E-state index in [-0.39, 0.29) is 17.0 Å². The second kappa shape index (κ2) is 10.1. The van der Waals surface area contributed by atoms with Crippen molar-refractivity contribution in [2.45, 2.75) is 18.9 Å². The van der Waals surface area contributed by atoms with Gasteiger partial charge in [0, 0.05) is 17.2 Å². The van der Waals surface area contributed by atoms with Crippen molar-refractivity contribution >= 4 is 28.8 Å². The molecule has 1 aliphatic heterocycles. The number of benzene rings is 3. The van der Waals surface area contributed by atoms with Crippen LogP contribution in [0, 0.1) is 10.1 Å². The van der Waals surface area contributed by atoms with Crippen LogP contribution < -0.4 is 29.1 Å². The summed E-state index contributed by atoms with van der Waals surface area (Å²) in [6.07, 6.45) is 3.22. The Morgan fingerprint density at radius 3 is 2.55 bits per heavy atom. The molecule has 0 radical (unpaired) electrons. The Morgan fingerprint density at radius 1 is 1.00 bits per heavy atom. The van der Waals surface area contributed by atoms with Gasteiger partial charge in [0.2, 0.25) is 0 Å². The molecule has 3 aromatic carbocycles. The quantitative estimate of drug-likeness (QED) is 0.260.